The predicted octanol–water partition coefficient (Wildman–Crippen LogP) is 2.94. The van der Waals surface area contributed by atoms with Crippen molar-refractivity contribution < 1.29 is 4.79 Å². The highest BCUT2D eigenvalue weighted by Crippen LogP contribution is 2.32. The Hall–Kier alpha value is -2.32. The Labute approximate surface area is 165 Å². The number of carbonyl (C=O) groups is 1. The minimum absolute atomic E-state index is 0.0653. The molecule has 0 bridgehead atoms. The largest absolute Gasteiger partial charge is 0.339 e. The first-order chi connectivity index (χ1) is 13.1. The minimum Gasteiger partial charge on any atom is -0.339 e. The Kier molecular flexibility index (Phi) is 4.92. The van der Waals surface area contributed by atoms with Gasteiger partial charge in [0.2, 0.25) is 5.91 Å². The number of hydrogen-bond acceptors (Lipinski definition) is 6. The molecule has 1 aliphatic rings. The van der Waals surface area contributed by atoms with Crippen LogP contribution < -0.4 is 11.4 Å². The lowest BCUT2D eigenvalue weighted by Gasteiger charge is -2.20. The van der Waals surface area contributed by atoms with E-state index in [1.807, 2.05) is 47.5 Å². The average Bonchev–Trinajstić information content (AvgIpc) is 3.43. The lowest BCUT2D eigenvalue weighted by molar-refractivity contribution is -0.128. The van der Waals surface area contributed by atoms with Crippen molar-refractivity contribution in [2.24, 2.45) is 0 Å². The number of rotatable bonds is 6. The summed E-state index contributed by atoms with van der Waals surface area (Å²) in [6, 6.07) is 10.1. The summed E-state index contributed by atoms with van der Waals surface area (Å²) >= 11 is 2.64. The molecular weight excluding hydrogens is 380 g/mol. The van der Waals surface area contributed by atoms with Crippen molar-refractivity contribution in [2.45, 2.75) is 31.0 Å². The number of nitrogens with two attached hydrogens (primary N) is 1. The lowest BCUT2D eigenvalue weighted by atomic mass is 10.1. The molecule has 2 heterocycles. The maximum atomic E-state index is 12.9. The Morgan fingerprint density at radius 2 is 2.11 bits per heavy atom. The Morgan fingerprint density at radius 3 is 2.78 bits per heavy atom. The normalized spacial score (nSPS) is 13.8. The fourth-order valence-electron chi connectivity index (χ4n) is 3.15. The number of nitrogens with zero attached hydrogens (tertiary/aromatic N) is 3. The van der Waals surface area contributed by atoms with Crippen LogP contribution in [-0.4, -0.2) is 38.8 Å². The van der Waals surface area contributed by atoms with Crippen LogP contribution in [-0.2, 0) is 4.79 Å². The number of nitrogen functional groups attached to an aromatic ring is 1. The van der Waals surface area contributed by atoms with E-state index in [9.17, 15) is 9.59 Å². The molecule has 3 aromatic rings. The van der Waals surface area contributed by atoms with E-state index in [1.54, 1.807) is 0 Å². The molecule has 6 nitrogen and oxygen atoms in total. The first-order valence-electron chi connectivity index (χ1n) is 8.87. The maximum Gasteiger partial charge on any atom is 0.282 e. The summed E-state index contributed by atoms with van der Waals surface area (Å²) in [5.74, 6) is 6.32. The van der Waals surface area contributed by atoms with E-state index >= 15 is 0 Å². The van der Waals surface area contributed by atoms with Gasteiger partial charge in [-0.2, -0.15) is 0 Å². The highest BCUT2D eigenvalue weighted by Gasteiger charge is 2.31. The molecule has 0 saturated heterocycles. The van der Waals surface area contributed by atoms with Crippen molar-refractivity contribution >= 4 is 39.2 Å². The molecule has 2 aromatic heterocycles. The van der Waals surface area contributed by atoms with Gasteiger partial charge in [-0.3, -0.25) is 9.59 Å². The van der Waals surface area contributed by atoms with Crippen molar-refractivity contribution in [3.63, 3.8) is 0 Å². The van der Waals surface area contributed by atoms with Gasteiger partial charge in [0.1, 0.15) is 4.83 Å². The molecule has 1 amide bonds. The van der Waals surface area contributed by atoms with Crippen LogP contribution in [0.2, 0.25) is 0 Å². The maximum absolute atomic E-state index is 12.9. The van der Waals surface area contributed by atoms with Gasteiger partial charge in [0, 0.05) is 23.5 Å². The summed E-state index contributed by atoms with van der Waals surface area (Å²) in [7, 11) is 0. The van der Waals surface area contributed by atoms with Crippen molar-refractivity contribution in [1.82, 2.24) is 14.6 Å². The summed E-state index contributed by atoms with van der Waals surface area (Å²) in [4.78, 5) is 32.4. The number of amides is 1. The van der Waals surface area contributed by atoms with Gasteiger partial charge in [0.25, 0.3) is 5.56 Å². The van der Waals surface area contributed by atoms with Crippen molar-refractivity contribution in [2.75, 3.05) is 18.1 Å². The average molecular weight is 401 g/mol. The van der Waals surface area contributed by atoms with Gasteiger partial charge in [0.05, 0.1) is 11.1 Å². The molecule has 1 aliphatic carbocycles. The Bertz CT molecular complexity index is 1040. The van der Waals surface area contributed by atoms with Gasteiger partial charge in [-0.25, -0.2) is 9.66 Å². The third-order valence-corrected chi connectivity index (χ3v) is 6.48. The number of aromatic nitrogens is 2. The van der Waals surface area contributed by atoms with Crippen LogP contribution in [0.4, 0.5) is 0 Å². The van der Waals surface area contributed by atoms with Gasteiger partial charge in [-0.15, -0.1) is 11.3 Å². The molecule has 1 saturated carbocycles. The molecule has 0 aliphatic heterocycles. The molecule has 0 spiro atoms. The van der Waals surface area contributed by atoms with Gasteiger partial charge < -0.3 is 10.7 Å². The van der Waals surface area contributed by atoms with E-state index < -0.39 is 0 Å². The number of hydrogen-bond donors (Lipinski definition) is 1. The van der Waals surface area contributed by atoms with Crippen LogP contribution in [0.25, 0.3) is 21.3 Å². The van der Waals surface area contributed by atoms with Crippen LogP contribution in [0, 0.1) is 0 Å². The van der Waals surface area contributed by atoms with Crippen molar-refractivity contribution in [1.29, 1.82) is 0 Å². The fraction of sp³-hybridized carbons (Fsp3) is 0.316. The van der Waals surface area contributed by atoms with Crippen LogP contribution in [0.15, 0.2) is 45.7 Å². The minimum atomic E-state index is -0.287. The van der Waals surface area contributed by atoms with Gasteiger partial charge in [-0.1, -0.05) is 42.1 Å². The fourth-order valence-corrected chi connectivity index (χ4v) is 4.94. The zero-order chi connectivity index (χ0) is 19.0. The summed E-state index contributed by atoms with van der Waals surface area (Å²) in [6.07, 6.45) is 2.15. The third-order valence-electron chi connectivity index (χ3n) is 4.67. The van der Waals surface area contributed by atoms with Gasteiger partial charge in [0.15, 0.2) is 5.16 Å². The van der Waals surface area contributed by atoms with Crippen LogP contribution in [0.5, 0.6) is 0 Å². The molecule has 0 atom stereocenters. The second-order valence-corrected chi connectivity index (χ2v) is 8.27. The first kappa shape index (κ1) is 18.1. The molecule has 0 radical (unpaired) electrons. The number of benzene rings is 1. The summed E-state index contributed by atoms with van der Waals surface area (Å²) in [6.45, 7) is 2.69. The molecule has 27 heavy (non-hydrogen) atoms. The first-order valence-corrected chi connectivity index (χ1v) is 10.7. The molecule has 4 rings (SSSR count). The number of thiophene rings is 1. The SMILES string of the molecule is CCN(C(=O)CSc1nc2scc(-c3ccccc3)c2c(=O)n1N)C1CC1. The van der Waals surface area contributed by atoms with Crippen LogP contribution in [0.3, 0.4) is 0 Å². The van der Waals surface area contributed by atoms with E-state index in [2.05, 4.69) is 4.98 Å². The molecule has 2 N–H and O–H groups in total. The topological polar surface area (TPSA) is 81.2 Å². The molecule has 1 aromatic carbocycles. The highest BCUT2D eigenvalue weighted by molar-refractivity contribution is 7.99. The second kappa shape index (κ2) is 7.36. The molecule has 140 valence electrons. The zero-order valence-electron chi connectivity index (χ0n) is 14.9. The monoisotopic (exact) mass is 400 g/mol. The quantitative estimate of drug-likeness (QED) is 0.391. The van der Waals surface area contributed by atoms with E-state index in [0.29, 0.717) is 28.0 Å². The van der Waals surface area contributed by atoms with Crippen molar-refractivity contribution in [3.8, 4) is 11.1 Å². The van der Waals surface area contributed by atoms with E-state index in [-0.39, 0.29) is 17.2 Å². The summed E-state index contributed by atoms with van der Waals surface area (Å²) in [5.41, 5.74) is 1.51. The number of fused-ring (bicyclic) bond motifs is 1. The number of thioether (sulfide) groups is 1. The second-order valence-electron chi connectivity index (χ2n) is 6.46. The summed E-state index contributed by atoms with van der Waals surface area (Å²) < 4.78 is 1.06. The third kappa shape index (κ3) is 3.46. The smallest absolute Gasteiger partial charge is 0.282 e. The Balaban J connectivity index is 1.63. The van der Waals surface area contributed by atoms with E-state index in [1.165, 1.54) is 23.1 Å². The van der Waals surface area contributed by atoms with E-state index in [0.717, 1.165) is 28.6 Å². The summed E-state index contributed by atoms with van der Waals surface area (Å²) in [5, 5.41) is 2.83. The lowest BCUT2D eigenvalue weighted by Crippen LogP contribution is -2.35. The van der Waals surface area contributed by atoms with Gasteiger partial charge >= 0.3 is 0 Å². The predicted molar refractivity (Wildman–Crippen MR) is 111 cm³/mol. The molecule has 0 unspecified atom stereocenters. The Morgan fingerprint density at radius 1 is 1.37 bits per heavy atom. The molecular formula is C19H20N4O2S2. The van der Waals surface area contributed by atoms with Crippen molar-refractivity contribution in [3.05, 3.63) is 46.1 Å². The molecule has 1 fully saturated rings. The van der Waals surface area contributed by atoms with Gasteiger partial charge in [-0.05, 0) is 25.3 Å². The molecule has 8 heteroatoms. The highest BCUT2D eigenvalue weighted by atomic mass is 32.2. The zero-order valence-corrected chi connectivity index (χ0v) is 16.6. The van der Waals surface area contributed by atoms with E-state index in [4.69, 9.17) is 5.84 Å². The van der Waals surface area contributed by atoms with Crippen LogP contribution >= 0.6 is 23.1 Å². The standard InChI is InChI=1S/C19H20N4O2S2/c1-2-22(13-8-9-13)15(24)11-27-19-21-17-16(18(25)23(19)20)14(10-26-17)12-6-4-3-5-7-12/h3-7,10,13H,2,8-9,11,20H2,1H3. The number of carbonyl (C=O) groups excluding carboxylic acids is 1. The van der Waals surface area contributed by atoms with Crippen LogP contribution in [0.1, 0.15) is 19.8 Å².